The van der Waals surface area contributed by atoms with Gasteiger partial charge in [-0.15, -0.1) is 0 Å². The molecule has 0 radical (unpaired) electrons. The number of esters is 1. The Hall–Kier alpha value is -0.660. The molecule has 0 aliphatic rings. The molecular weight excluding hydrogens is 255 g/mol. The number of rotatable bonds is 3. The quantitative estimate of drug-likeness (QED) is 0.267. The molecular formula is C10H9NaO5S. The van der Waals surface area contributed by atoms with E-state index >= 15 is 0 Å². The van der Waals surface area contributed by atoms with Crippen molar-refractivity contribution in [3.63, 3.8) is 0 Å². The van der Waals surface area contributed by atoms with Crippen LogP contribution in [0.15, 0.2) is 35.2 Å². The third kappa shape index (κ3) is 5.47. The average molecular weight is 264 g/mol. The van der Waals surface area contributed by atoms with Gasteiger partial charge >= 0.3 is 35.5 Å². The fourth-order valence-electron chi connectivity index (χ4n) is 1.01. The van der Waals surface area contributed by atoms with Gasteiger partial charge in [0, 0.05) is 6.08 Å². The number of hydrogen-bond acceptors (Lipinski definition) is 5. The van der Waals surface area contributed by atoms with Crippen LogP contribution in [0.2, 0.25) is 0 Å². The largest absolute Gasteiger partial charge is 1.00 e. The van der Waals surface area contributed by atoms with Crippen molar-refractivity contribution in [3.05, 3.63) is 35.9 Å². The molecule has 0 fully saturated rings. The van der Waals surface area contributed by atoms with Crippen LogP contribution in [-0.4, -0.2) is 26.0 Å². The van der Waals surface area contributed by atoms with Gasteiger partial charge in [0.15, 0.2) is 0 Å². The summed E-state index contributed by atoms with van der Waals surface area (Å²) in [5, 5.41) is 0. The maximum absolute atomic E-state index is 10.8. The summed E-state index contributed by atoms with van der Waals surface area (Å²) in [4.78, 5) is 10.4. The number of carbonyl (C=O) groups excluding carboxylic acids is 1. The van der Waals surface area contributed by atoms with Crippen LogP contribution in [0.5, 0.6) is 0 Å². The van der Waals surface area contributed by atoms with Crippen LogP contribution < -0.4 is 29.6 Å². The second kappa shape index (κ2) is 6.93. The molecule has 1 rings (SSSR count). The normalized spacial score (nSPS) is 10.9. The summed E-state index contributed by atoms with van der Waals surface area (Å²) in [6.45, 7) is 0. The summed E-state index contributed by atoms with van der Waals surface area (Å²) in [6.07, 6.45) is 2.50. The average Bonchev–Trinajstić information content (AvgIpc) is 2.25. The number of ether oxygens (including phenoxy) is 1. The summed E-state index contributed by atoms with van der Waals surface area (Å²) in [5.41, 5.74) is 0.433. The molecule has 0 spiro atoms. The molecule has 17 heavy (non-hydrogen) atoms. The first kappa shape index (κ1) is 16.3. The van der Waals surface area contributed by atoms with Gasteiger partial charge in [-0.1, -0.05) is 12.1 Å². The molecule has 86 valence electrons. The molecule has 1 aromatic rings. The van der Waals surface area contributed by atoms with Gasteiger partial charge < -0.3 is 9.29 Å². The molecule has 0 N–H and O–H groups in total. The van der Waals surface area contributed by atoms with Gasteiger partial charge in [0.2, 0.25) is 0 Å². The first-order valence-corrected chi connectivity index (χ1v) is 5.66. The van der Waals surface area contributed by atoms with Gasteiger partial charge in [-0.3, -0.25) is 0 Å². The topological polar surface area (TPSA) is 83.5 Å². The van der Waals surface area contributed by atoms with E-state index in [0.29, 0.717) is 5.56 Å². The molecule has 0 heterocycles. The molecule has 0 saturated heterocycles. The summed E-state index contributed by atoms with van der Waals surface area (Å²) < 4.78 is 36.5. The maximum Gasteiger partial charge on any atom is 1.00 e. The van der Waals surface area contributed by atoms with E-state index in [4.69, 9.17) is 0 Å². The van der Waals surface area contributed by atoms with Crippen molar-refractivity contribution >= 4 is 22.2 Å². The van der Waals surface area contributed by atoms with Crippen molar-refractivity contribution in [1.82, 2.24) is 0 Å². The number of carbonyl (C=O) groups is 1. The number of benzene rings is 1. The van der Waals surface area contributed by atoms with Gasteiger partial charge in [0.25, 0.3) is 0 Å². The summed E-state index contributed by atoms with van der Waals surface area (Å²) in [6, 6.07) is 5.36. The van der Waals surface area contributed by atoms with E-state index in [1.54, 1.807) is 6.07 Å². The molecule has 1 aromatic carbocycles. The SMILES string of the molecule is COC(=O)/C=C/c1cccc(S(=O)(=O)[O-])c1.[Na+]. The smallest absolute Gasteiger partial charge is 0.744 e. The first-order chi connectivity index (χ1) is 7.43. The molecule has 0 amide bonds. The zero-order chi connectivity index (χ0) is 12.2. The van der Waals surface area contributed by atoms with Gasteiger partial charge in [0.05, 0.1) is 12.0 Å². The molecule has 0 atom stereocenters. The van der Waals surface area contributed by atoms with E-state index in [0.717, 1.165) is 6.08 Å². The van der Waals surface area contributed by atoms with Crippen LogP contribution in [0, 0.1) is 0 Å². The molecule has 0 aliphatic heterocycles. The van der Waals surface area contributed by atoms with Crippen molar-refractivity contribution in [2.24, 2.45) is 0 Å². The van der Waals surface area contributed by atoms with Crippen LogP contribution >= 0.6 is 0 Å². The summed E-state index contributed by atoms with van der Waals surface area (Å²) in [5.74, 6) is -0.560. The Bertz CT molecular complexity index is 521. The number of hydrogen-bond donors (Lipinski definition) is 0. The van der Waals surface area contributed by atoms with Crippen LogP contribution in [0.4, 0.5) is 0 Å². The van der Waals surface area contributed by atoms with E-state index < -0.39 is 16.1 Å². The molecule has 7 heteroatoms. The van der Waals surface area contributed by atoms with Crippen molar-refractivity contribution < 1.29 is 52.1 Å². The maximum atomic E-state index is 10.8. The van der Waals surface area contributed by atoms with Crippen molar-refractivity contribution in [2.75, 3.05) is 7.11 Å². The Morgan fingerprint density at radius 2 is 2.06 bits per heavy atom. The minimum atomic E-state index is -4.47. The van der Waals surface area contributed by atoms with Crippen LogP contribution in [0.1, 0.15) is 5.56 Å². The summed E-state index contributed by atoms with van der Waals surface area (Å²) in [7, 11) is -3.24. The van der Waals surface area contributed by atoms with Crippen LogP contribution in [0.3, 0.4) is 0 Å². The molecule has 0 aromatic heterocycles. The fourth-order valence-corrected chi connectivity index (χ4v) is 1.53. The van der Waals surface area contributed by atoms with Gasteiger partial charge in [0.1, 0.15) is 10.1 Å². The second-order valence-electron chi connectivity index (χ2n) is 2.88. The van der Waals surface area contributed by atoms with E-state index in [1.807, 2.05) is 0 Å². The van der Waals surface area contributed by atoms with Crippen molar-refractivity contribution in [2.45, 2.75) is 4.90 Å². The third-order valence-corrected chi connectivity index (χ3v) is 2.59. The number of methoxy groups -OCH3 is 1. The Kier molecular flexibility index (Phi) is 6.66. The summed E-state index contributed by atoms with van der Waals surface area (Å²) >= 11 is 0. The van der Waals surface area contributed by atoms with Crippen LogP contribution in [0.25, 0.3) is 6.08 Å². The van der Waals surface area contributed by atoms with E-state index in [2.05, 4.69) is 4.74 Å². The predicted molar refractivity (Wildman–Crippen MR) is 55.5 cm³/mol. The van der Waals surface area contributed by atoms with E-state index in [1.165, 1.54) is 31.4 Å². The Balaban J connectivity index is 0.00000256. The van der Waals surface area contributed by atoms with Crippen molar-refractivity contribution in [1.29, 1.82) is 0 Å². The molecule has 0 saturated carbocycles. The zero-order valence-electron chi connectivity index (χ0n) is 9.41. The molecule has 0 aliphatic carbocycles. The molecule has 5 nitrogen and oxygen atoms in total. The van der Waals surface area contributed by atoms with E-state index in [-0.39, 0.29) is 34.5 Å². The minimum Gasteiger partial charge on any atom is -0.744 e. The standard InChI is InChI=1S/C10H10O5S.Na/c1-15-10(11)6-5-8-3-2-4-9(7-8)16(12,13)14;/h2-7H,1H3,(H,12,13,14);/q;+1/p-1/b6-5+;. The second-order valence-corrected chi connectivity index (χ2v) is 4.26. The molecule has 0 unspecified atom stereocenters. The molecule has 0 bridgehead atoms. The van der Waals surface area contributed by atoms with Gasteiger partial charge in [-0.05, 0) is 23.8 Å². The first-order valence-electron chi connectivity index (χ1n) is 4.25. The van der Waals surface area contributed by atoms with Gasteiger partial charge in [-0.2, -0.15) is 0 Å². The minimum absolute atomic E-state index is 0. The third-order valence-electron chi connectivity index (χ3n) is 1.76. The van der Waals surface area contributed by atoms with Gasteiger partial charge in [-0.25, -0.2) is 13.2 Å². The zero-order valence-corrected chi connectivity index (χ0v) is 12.2. The monoisotopic (exact) mass is 264 g/mol. The Morgan fingerprint density at radius 3 is 2.59 bits per heavy atom. The Labute approximate surface area is 122 Å². The fraction of sp³-hybridized carbons (Fsp3) is 0.100. The predicted octanol–water partition coefficient (Wildman–Crippen LogP) is -2.22. The van der Waals surface area contributed by atoms with E-state index in [9.17, 15) is 17.8 Å². The van der Waals surface area contributed by atoms with Crippen LogP contribution in [-0.2, 0) is 19.6 Å². The van der Waals surface area contributed by atoms with Crippen molar-refractivity contribution in [3.8, 4) is 0 Å². The Morgan fingerprint density at radius 1 is 1.41 bits per heavy atom.